The van der Waals surface area contributed by atoms with Crippen molar-refractivity contribution in [3.05, 3.63) is 65.6 Å². The Morgan fingerprint density at radius 2 is 1.50 bits per heavy atom. The zero-order valence-electron chi connectivity index (χ0n) is 19.5. The number of para-hydroxylation sites is 1. The molecule has 6 heteroatoms. The Labute approximate surface area is 182 Å². The molecule has 1 heterocycles. The lowest BCUT2D eigenvalue weighted by molar-refractivity contribution is 0.385. The maximum Gasteiger partial charge on any atom is 0.263 e. The van der Waals surface area contributed by atoms with E-state index in [-0.39, 0.29) is 10.6 Å². The first-order valence-electron chi connectivity index (χ1n) is 10.6. The fourth-order valence-electron chi connectivity index (χ4n) is 2.74. The summed E-state index contributed by atoms with van der Waals surface area (Å²) in [6.45, 7) is 14.2. The van der Waals surface area contributed by atoms with Gasteiger partial charge in [-0.2, -0.15) is 0 Å². The summed E-state index contributed by atoms with van der Waals surface area (Å²) < 4.78 is 45.7. The Balaban J connectivity index is 0.00000129. The first-order chi connectivity index (χ1) is 14.4. The van der Waals surface area contributed by atoms with E-state index in [1.54, 1.807) is 42.6 Å². The van der Waals surface area contributed by atoms with Crippen molar-refractivity contribution in [3.8, 4) is 5.75 Å². The highest BCUT2D eigenvalue weighted by Gasteiger charge is 2.27. The van der Waals surface area contributed by atoms with E-state index in [9.17, 15) is 12.8 Å². The minimum Gasteiger partial charge on any atom is -0.493 e. The van der Waals surface area contributed by atoms with Crippen molar-refractivity contribution in [3.63, 3.8) is 0 Å². The summed E-state index contributed by atoms with van der Waals surface area (Å²) in [4.78, 5) is 0.247. The zero-order valence-corrected chi connectivity index (χ0v) is 20.3. The van der Waals surface area contributed by atoms with Crippen LogP contribution in [0.3, 0.4) is 0 Å². The second kappa shape index (κ2) is 13.8. The lowest BCUT2D eigenvalue weighted by Gasteiger charge is -2.15. The Morgan fingerprint density at radius 1 is 0.933 bits per heavy atom. The fourth-order valence-corrected chi connectivity index (χ4v) is 4.09. The maximum absolute atomic E-state index is 13.9. The molecule has 4 nitrogen and oxygen atoms in total. The molecule has 2 aromatic rings. The highest BCUT2D eigenvalue weighted by molar-refractivity contribution is 7.89. The van der Waals surface area contributed by atoms with Crippen LogP contribution in [-0.2, 0) is 10.0 Å². The van der Waals surface area contributed by atoms with Crippen molar-refractivity contribution in [1.29, 1.82) is 0 Å². The highest BCUT2D eigenvalue weighted by Crippen LogP contribution is 2.35. The van der Waals surface area contributed by atoms with E-state index in [0.717, 1.165) is 11.1 Å². The quantitative estimate of drug-likeness (QED) is 0.537. The molecule has 0 radical (unpaired) electrons. The summed E-state index contributed by atoms with van der Waals surface area (Å²) in [7, 11) is -2.20. The lowest BCUT2D eigenvalue weighted by Crippen LogP contribution is -2.23. The van der Waals surface area contributed by atoms with E-state index in [1.807, 2.05) is 48.5 Å². The van der Waals surface area contributed by atoms with Gasteiger partial charge in [-0.1, -0.05) is 71.4 Å². The third-order valence-corrected chi connectivity index (χ3v) is 5.82. The average Bonchev–Trinajstić information content (AvgIpc) is 3.29. The van der Waals surface area contributed by atoms with Crippen LogP contribution in [0.1, 0.15) is 59.1 Å². The smallest absolute Gasteiger partial charge is 0.263 e. The molecule has 0 spiro atoms. The number of rotatable bonds is 4. The van der Waals surface area contributed by atoms with Crippen LogP contribution in [0.4, 0.5) is 4.39 Å². The van der Waals surface area contributed by atoms with Crippen molar-refractivity contribution in [2.45, 2.75) is 59.8 Å². The van der Waals surface area contributed by atoms with Gasteiger partial charge in [-0.3, -0.25) is 4.31 Å². The minimum atomic E-state index is -3.60. The molecule has 0 bridgehead atoms. The predicted octanol–water partition coefficient (Wildman–Crippen LogP) is 6.66. The Morgan fingerprint density at radius 3 is 2.03 bits per heavy atom. The molecule has 0 saturated heterocycles. The number of sulfonamides is 1. The average molecular weight is 438 g/mol. The highest BCUT2D eigenvalue weighted by atomic mass is 32.2. The molecule has 0 atom stereocenters. The molecule has 0 aliphatic carbocycles. The summed E-state index contributed by atoms with van der Waals surface area (Å²) >= 11 is 0. The van der Waals surface area contributed by atoms with Gasteiger partial charge in [-0.15, -0.1) is 0 Å². The molecule has 168 valence electrons. The number of methoxy groups -OCH3 is 1. The van der Waals surface area contributed by atoms with E-state index in [1.165, 1.54) is 17.5 Å². The maximum atomic E-state index is 13.9. The van der Waals surface area contributed by atoms with Crippen LogP contribution in [0.15, 0.2) is 53.6 Å². The van der Waals surface area contributed by atoms with Gasteiger partial charge in [-0.25, -0.2) is 12.8 Å². The summed E-state index contributed by atoms with van der Waals surface area (Å²) in [5, 5.41) is 0. The Kier molecular flexibility index (Phi) is 12.7. The van der Waals surface area contributed by atoms with Gasteiger partial charge < -0.3 is 4.74 Å². The molecule has 1 aliphatic rings. The molecule has 0 amide bonds. The third kappa shape index (κ3) is 6.59. The van der Waals surface area contributed by atoms with Gasteiger partial charge in [0.25, 0.3) is 10.0 Å². The normalized spacial score (nSPS) is 12.3. The van der Waals surface area contributed by atoms with Gasteiger partial charge in [0, 0.05) is 18.3 Å². The number of aryl methyl sites for hydroxylation is 1. The molecule has 1 aliphatic heterocycles. The summed E-state index contributed by atoms with van der Waals surface area (Å²) in [6, 6.07) is 11.4. The van der Waals surface area contributed by atoms with E-state index < -0.39 is 15.8 Å². The zero-order chi connectivity index (χ0) is 23.3. The second-order valence-electron chi connectivity index (χ2n) is 5.65. The molecule has 3 rings (SSSR count). The Hall–Kier alpha value is -2.34. The summed E-state index contributed by atoms with van der Waals surface area (Å²) in [5.74, 6) is -0.325. The molecule has 30 heavy (non-hydrogen) atoms. The van der Waals surface area contributed by atoms with Crippen molar-refractivity contribution in [1.82, 2.24) is 4.31 Å². The number of halogens is 1. The molecular formula is C24H36FNO3S. The van der Waals surface area contributed by atoms with Crippen LogP contribution < -0.4 is 4.74 Å². The van der Waals surface area contributed by atoms with Gasteiger partial charge in [-0.05, 0) is 37.1 Å². The molecule has 0 fully saturated rings. The van der Waals surface area contributed by atoms with E-state index in [0.29, 0.717) is 18.5 Å². The van der Waals surface area contributed by atoms with Crippen LogP contribution in [0.2, 0.25) is 0 Å². The van der Waals surface area contributed by atoms with Crippen LogP contribution in [0.25, 0.3) is 5.57 Å². The molecule has 0 N–H and O–H groups in total. The van der Waals surface area contributed by atoms with Crippen molar-refractivity contribution in [2.75, 3.05) is 13.7 Å². The van der Waals surface area contributed by atoms with Crippen LogP contribution in [0.5, 0.6) is 5.75 Å². The molecule has 0 aromatic heterocycles. The monoisotopic (exact) mass is 437 g/mol. The third-order valence-electron chi connectivity index (χ3n) is 4.05. The van der Waals surface area contributed by atoms with Gasteiger partial charge in [0.1, 0.15) is 0 Å². The van der Waals surface area contributed by atoms with Crippen LogP contribution >= 0.6 is 0 Å². The van der Waals surface area contributed by atoms with E-state index >= 15 is 0 Å². The van der Waals surface area contributed by atoms with Gasteiger partial charge in [0.05, 0.1) is 12.0 Å². The van der Waals surface area contributed by atoms with Gasteiger partial charge >= 0.3 is 0 Å². The lowest BCUT2D eigenvalue weighted by atomic mass is 10.0. The first kappa shape index (κ1) is 27.7. The number of hydrogen-bond donors (Lipinski definition) is 0. The number of nitrogens with zero attached hydrogens (tertiary/aromatic N) is 1. The van der Waals surface area contributed by atoms with E-state index in [4.69, 9.17) is 4.74 Å². The van der Waals surface area contributed by atoms with Gasteiger partial charge in [0.15, 0.2) is 11.6 Å². The number of benzene rings is 2. The second-order valence-corrected chi connectivity index (χ2v) is 7.54. The number of ether oxygens (including phenoxy) is 1. The fraction of sp³-hybridized carbons (Fsp3) is 0.417. The molecule has 2 aromatic carbocycles. The molecule has 0 saturated carbocycles. The largest absolute Gasteiger partial charge is 0.493 e. The Bertz CT molecular complexity index is 891. The van der Waals surface area contributed by atoms with Crippen LogP contribution in [0, 0.1) is 12.7 Å². The van der Waals surface area contributed by atoms with Crippen molar-refractivity contribution < 1.29 is 17.5 Å². The first-order valence-corrected chi connectivity index (χ1v) is 12.0. The van der Waals surface area contributed by atoms with Gasteiger partial charge in [0.2, 0.25) is 0 Å². The standard InChI is InChI=1S/C18H18FNO3S.3C2H6/c1-13-6-8-15(9-7-13)24(21,22)20-11-10-14(12-20)16-4-3-5-17(19)18(16)23-2;3*1-2/h3-9,12H,10-11H2,1-2H3;3*1-2H3. The molecule has 0 unspecified atom stereocenters. The number of hydrogen-bond acceptors (Lipinski definition) is 3. The predicted molar refractivity (Wildman–Crippen MR) is 125 cm³/mol. The van der Waals surface area contributed by atoms with Crippen molar-refractivity contribution in [2.24, 2.45) is 0 Å². The minimum absolute atomic E-state index is 0.137. The topological polar surface area (TPSA) is 46.6 Å². The summed E-state index contributed by atoms with van der Waals surface area (Å²) in [6.07, 6.45) is 2.07. The summed E-state index contributed by atoms with van der Waals surface area (Å²) in [5.41, 5.74) is 2.32. The van der Waals surface area contributed by atoms with Crippen LogP contribution in [-0.4, -0.2) is 26.4 Å². The SMILES string of the molecule is CC.CC.CC.COc1c(F)cccc1C1=CN(S(=O)(=O)c2ccc(C)cc2)CC1. The van der Waals surface area contributed by atoms with E-state index in [2.05, 4.69) is 0 Å². The van der Waals surface area contributed by atoms with Crippen molar-refractivity contribution >= 4 is 15.6 Å². The molecular weight excluding hydrogens is 401 g/mol.